The molecule has 3 rings (SSSR count). The number of nitrogens with zero attached hydrogens (tertiary/aromatic N) is 2. The van der Waals surface area contributed by atoms with Crippen LogP contribution in [0.2, 0.25) is 0 Å². The number of rotatable bonds is 6. The maximum atomic E-state index is 12.9. The first-order valence-electron chi connectivity index (χ1n) is 7.28. The molecule has 0 saturated heterocycles. The summed E-state index contributed by atoms with van der Waals surface area (Å²) in [6.07, 6.45) is 0. The van der Waals surface area contributed by atoms with Gasteiger partial charge in [-0.15, -0.1) is 0 Å². The van der Waals surface area contributed by atoms with Crippen molar-refractivity contribution >= 4 is 38.7 Å². The monoisotopic (exact) mass is 416 g/mol. The maximum Gasteiger partial charge on any atom is 1.00 e. The van der Waals surface area contributed by atoms with Crippen molar-refractivity contribution in [1.82, 2.24) is 8.75 Å². The van der Waals surface area contributed by atoms with E-state index in [0.717, 1.165) is 11.7 Å². The predicted molar refractivity (Wildman–Crippen MR) is 93.8 cm³/mol. The molecule has 0 aliphatic carbocycles. The van der Waals surface area contributed by atoms with Gasteiger partial charge in [0.15, 0.2) is 17.3 Å². The molecule has 0 spiro atoms. The largest absolute Gasteiger partial charge is 1.00 e. The Kier molecular flexibility index (Phi) is 6.95. The normalized spacial score (nSPS) is 11.1. The second-order valence-corrected chi connectivity index (χ2v) is 7.30. The molecule has 136 valence electrons. The third-order valence-corrected chi connectivity index (χ3v) is 4.92. The number of ether oxygens (including phenoxy) is 2. The van der Waals surface area contributed by atoms with Crippen molar-refractivity contribution in [2.24, 2.45) is 0 Å². The molecular weight excluding hydrogens is 403 g/mol. The molecule has 0 fully saturated rings. The molecule has 2 aromatic carbocycles. The summed E-state index contributed by atoms with van der Waals surface area (Å²) in [5.41, 5.74) is 1.30. The first kappa shape index (κ1) is 21.7. The van der Waals surface area contributed by atoms with E-state index in [1.165, 1.54) is 38.5 Å². The van der Waals surface area contributed by atoms with Crippen LogP contribution in [0.4, 0.5) is 0 Å². The topological polar surface area (TPSA) is 119 Å². The molecule has 0 atom stereocenters. The van der Waals surface area contributed by atoms with E-state index in [-0.39, 0.29) is 46.2 Å². The third kappa shape index (κ3) is 4.84. The van der Waals surface area contributed by atoms with E-state index in [4.69, 9.17) is 9.47 Å². The van der Waals surface area contributed by atoms with Crippen molar-refractivity contribution in [1.29, 1.82) is 0 Å². The molecule has 3 aromatic rings. The fourth-order valence-corrected chi connectivity index (χ4v) is 3.66. The molecule has 0 radical (unpaired) electrons. The van der Waals surface area contributed by atoms with Gasteiger partial charge in [-0.1, -0.05) is 0 Å². The van der Waals surface area contributed by atoms with Gasteiger partial charge in [0.2, 0.25) is 0 Å². The van der Waals surface area contributed by atoms with E-state index < -0.39 is 21.7 Å². The van der Waals surface area contributed by atoms with Crippen LogP contribution in [0.25, 0.3) is 11.0 Å². The Morgan fingerprint density at radius 1 is 1.07 bits per heavy atom. The number of carbonyl (C=O) groups excluding carboxylic acids is 1. The summed E-state index contributed by atoms with van der Waals surface area (Å²) in [6, 6.07) is 7.43. The van der Waals surface area contributed by atoms with Gasteiger partial charge in [0.25, 0.3) is 0 Å². The molecule has 0 aliphatic heterocycles. The average Bonchev–Trinajstić information content (AvgIpc) is 3.05. The Labute approximate surface area is 181 Å². The van der Waals surface area contributed by atoms with Crippen LogP contribution in [-0.2, 0) is 15.9 Å². The number of methoxy groups -OCH3 is 2. The van der Waals surface area contributed by atoms with Crippen molar-refractivity contribution in [2.45, 2.75) is 5.75 Å². The van der Waals surface area contributed by atoms with E-state index in [1.807, 2.05) is 0 Å². The Bertz CT molecular complexity index is 1100. The standard InChI is InChI=1S/C16H14N2O6S2.Na/c1-23-14-4-3-9(6-15(14)24-2)16(19)11-7-13-12(17-25-18-13)5-10(11)8-26(20,21)22;/h3-7H,8H2,1-2H3,(H,20,21,22);/q;+1/p-1. The van der Waals surface area contributed by atoms with Crippen molar-refractivity contribution in [3.8, 4) is 11.5 Å². The number of aromatic nitrogens is 2. The quantitative estimate of drug-likeness (QED) is 0.285. The summed E-state index contributed by atoms with van der Waals surface area (Å²) in [5, 5.41) is 0. The molecule has 0 amide bonds. The Balaban J connectivity index is 0.00000261. The summed E-state index contributed by atoms with van der Waals surface area (Å²) in [7, 11) is -1.67. The van der Waals surface area contributed by atoms with E-state index in [2.05, 4.69) is 8.75 Å². The smallest absolute Gasteiger partial charge is 0.748 e. The van der Waals surface area contributed by atoms with E-state index >= 15 is 0 Å². The van der Waals surface area contributed by atoms with Crippen molar-refractivity contribution in [3.63, 3.8) is 0 Å². The van der Waals surface area contributed by atoms with E-state index in [0.29, 0.717) is 22.5 Å². The van der Waals surface area contributed by atoms with Crippen molar-refractivity contribution < 1.29 is 56.8 Å². The second-order valence-electron chi connectivity index (χ2n) is 5.36. The van der Waals surface area contributed by atoms with Crippen LogP contribution in [0.5, 0.6) is 11.5 Å². The zero-order valence-corrected chi connectivity index (χ0v) is 18.4. The van der Waals surface area contributed by atoms with Crippen LogP contribution >= 0.6 is 11.7 Å². The molecule has 1 aromatic heterocycles. The summed E-state index contributed by atoms with van der Waals surface area (Å²) < 4.78 is 52.1. The number of fused-ring (bicyclic) bond motifs is 1. The van der Waals surface area contributed by atoms with E-state index in [1.54, 1.807) is 6.07 Å². The Morgan fingerprint density at radius 2 is 1.70 bits per heavy atom. The second kappa shape index (κ2) is 8.63. The minimum atomic E-state index is -4.58. The van der Waals surface area contributed by atoms with Gasteiger partial charge in [-0.3, -0.25) is 4.79 Å². The Hall–Kier alpha value is -1.56. The van der Waals surface area contributed by atoms with Gasteiger partial charge in [0.1, 0.15) is 11.0 Å². The number of hydrogen-bond donors (Lipinski definition) is 0. The minimum Gasteiger partial charge on any atom is -0.748 e. The molecule has 27 heavy (non-hydrogen) atoms. The molecule has 8 nitrogen and oxygen atoms in total. The molecule has 0 unspecified atom stereocenters. The zero-order chi connectivity index (χ0) is 18.9. The van der Waals surface area contributed by atoms with Gasteiger partial charge < -0.3 is 14.0 Å². The summed E-state index contributed by atoms with van der Waals surface area (Å²) >= 11 is 0.931. The van der Waals surface area contributed by atoms with Crippen LogP contribution in [0.15, 0.2) is 30.3 Å². The van der Waals surface area contributed by atoms with Gasteiger partial charge in [-0.25, -0.2) is 8.42 Å². The zero-order valence-electron chi connectivity index (χ0n) is 14.8. The van der Waals surface area contributed by atoms with Gasteiger partial charge in [0, 0.05) is 11.1 Å². The minimum absolute atomic E-state index is 0. The molecule has 0 bridgehead atoms. The summed E-state index contributed by atoms with van der Waals surface area (Å²) in [6.45, 7) is 0. The molecular formula is C16H13N2NaO6S2. The molecule has 1 heterocycles. The van der Waals surface area contributed by atoms with E-state index in [9.17, 15) is 17.8 Å². The summed E-state index contributed by atoms with van der Waals surface area (Å²) in [4.78, 5) is 12.9. The first-order chi connectivity index (χ1) is 12.3. The summed E-state index contributed by atoms with van der Waals surface area (Å²) in [5.74, 6) is -0.465. The third-order valence-electron chi connectivity index (χ3n) is 3.70. The van der Waals surface area contributed by atoms with Gasteiger partial charge in [0.05, 0.1) is 41.8 Å². The fourth-order valence-electron chi connectivity index (χ4n) is 2.53. The molecule has 0 N–H and O–H groups in total. The number of carbonyl (C=O) groups is 1. The number of benzene rings is 2. The van der Waals surface area contributed by atoms with Crippen LogP contribution in [-0.4, -0.2) is 41.7 Å². The molecule has 0 aliphatic rings. The number of hydrogen-bond acceptors (Lipinski definition) is 9. The van der Waals surface area contributed by atoms with Crippen LogP contribution < -0.4 is 39.0 Å². The van der Waals surface area contributed by atoms with Gasteiger partial charge in [-0.2, -0.15) is 8.75 Å². The number of ketones is 1. The maximum absolute atomic E-state index is 12.9. The fraction of sp³-hybridized carbons (Fsp3) is 0.188. The van der Waals surface area contributed by atoms with Gasteiger partial charge in [-0.05, 0) is 35.9 Å². The van der Waals surface area contributed by atoms with Crippen molar-refractivity contribution in [3.05, 3.63) is 47.0 Å². The van der Waals surface area contributed by atoms with Gasteiger partial charge >= 0.3 is 29.6 Å². The predicted octanol–water partition coefficient (Wildman–Crippen LogP) is -1.01. The molecule has 11 heteroatoms. The average molecular weight is 416 g/mol. The Morgan fingerprint density at radius 3 is 2.30 bits per heavy atom. The molecule has 0 saturated carbocycles. The SMILES string of the molecule is COc1ccc(C(=O)c2cc3nsnc3cc2CS(=O)(=O)[O-])cc1OC.[Na+]. The van der Waals surface area contributed by atoms with Crippen molar-refractivity contribution in [2.75, 3.05) is 14.2 Å². The van der Waals surface area contributed by atoms with Crippen LogP contribution in [0.3, 0.4) is 0 Å². The van der Waals surface area contributed by atoms with Crippen LogP contribution in [0.1, 0.15) is 21.5 Å². The first-order valence-corrected chi connectivity index (χ1v) is 9.58. The van der Waals surface area contributed by atoms with Crippen LogP contribution in [0, 0.1) is 0 Å².